The van der Waals surface area contributed by atoms with E-state index in [1.807, 2.05) is 58.4 Å². The Morgan fingerprint density at radius 1 is 1.07 bits per heavy atom. The summed E-state index contributed by atoms with van der Waals surface area (Å²) in [6.45, 7) is 1.91. The number of carbonyl (C=O) groups excluding carboxylic acids is 2. The van der Waals surface area contributed by atoms with Crippen molar-refractivity contribution < 1.29 is 9.59 Å². The van der Waals surface area contributed by atoms with Crippen LogP contribution in [-0.2, 0) is 11.3 Å². The van der Waals surface area contributed by atoms with E-state index < -0.39 is 0 Å². The molecule has 0 spiro atoms. The summed E-state index contributed by atoms with van der Waals surface area (Å²) < 4.78 is 1.88. The number of nitrogens with one attached hydrogen (secondary N) is 2. The average molecular weight is 390 g/mol. The molecule has 6 nitrogen and oxygen atoms in total. The summed E-state index contributed by atoms with van der Waals surface area (Å²) in [5.41, 5.74) is 3.15. The third kappa shape index (κ3) is 3.65. The minimum absolute atomic E-state index is 0.0872. The molecule has 0 aliphatic heterocycles. The molecular weight excluding hydrogens is 372 g/mol. The summed E-state index contributed by atoms with van der Waals surface area (Å²) in [5, 5.41) is 7.68. The van der Waals surface area contributed by atoms with Crippen LogP contribution >= 0.6 is 11.3 Å². The largest absolute Gasteiger partial charge is 0.352 e. The number of aromatic nitrogens is 2. The van der Waals surface area contributed by atoms with Crippen molar-refractivity contribution in [3.05, 3.63) is 77.3 Å². The Kier molecular flexibility index (Phi) is 4.90. The molecule has 2 N–H and O–H groups in total. The number of nitrogens with zero attached hydrogens (tertiary/aromatic N) is 2. The molecule has 2 amide bonds. The number of imidazole rings is 1. The molecule has 140 valence electrons. The van der Waals surface area contributed by atoms with Crippen molar-refractivity contribution in [3.63, 3.8) is 0 Å². The van der Waals surface area contributed by atoms with Gasteiger partial charge < -0.3 is 10.6 Å². The number of fused-ring (bicyclic) bond motifs is 1. The molecule has 28 heavy (non-hydrogen) atoms. The fourth-order valence-electron chi connectivity index (χ4n) is 2.88. The summed E-state index contributed by atoms with van der Waals surface area (Å²) >= 11 is 1.52. The van der Waals surface area contributed by atoms with Crippen LogP contribution < -0.4 is 10.6 Å². The molecule has 0 fully saturated rings. The summed E-state index contributed by atoms with van der Waals surface area (Å²) in [6, 6.07) is 16.9. The first kappa shape index (κ1) is 17.9. The standard InChI is InChI=1S/C21H18N4O2S/c1-14(26)22-13-15-7-9-17(10-8-15)20(27)24-19-18(16-5-3-2-4-6-16)23-21-25(19)11-12-28-21/h2-12H,13H2,1H3,(H,22,26)(H,24,27). The quantitative estimate of drug-likeness (QED) is 0.542. The number of hydrogen-bond acceptors (Lipinski definition) is 4. The third-order valence-corrected chi connectivity index (χ3v) is 5.06. The lowest BCUT2D eigenvalue weighted by Crippen LogP contribution is -2.19. The van der Waals surface area contributed by atoms with E-state index in [1.54, 1.807) is 12.1 Å². The molecule has 0 saturated heterocycles. The van der Waals surface area contributed by atoms with Crippen molar-refractivity contribution in [2.45, 2.75) is 13.5 Å². The lowest BCUT2D eigenvalue weighted by molar-refractivity contribution is -0.119. The second-order valence-electron chi connectivity index (χ2n) is 6.29. The highest BCUT2D eigenvalue weighted by Crippen LogP contribution is 2.30. The van der Waals surface area contributed by atoms with E-state index in [4.69, 9.17) is 0 Å². The maximum absolute atomic E-state index is 12.8. The molecule has 2 aromatic heterocycles. The van der Waals surface area contributed by atoms with Crippen molar-refractivity contribution in [1.29, 1.82) is 0 Å². The van der Waals surface area contributed by atoms with Crippen molar-refractivity contribution in [2.24, 2.45) is 0 Å². The Labute approximate surface area is 165 Å². The fraction of sp³-hybridized carbons (Fsp3) is 0.0952. The topological polar surface area (TPSA) is 75.5 Å². The van der Waals surface area contributed by atoms with Gasteiger partial charge in [0.2, 0.25) is 5.91 Å². The summed E-state index contributed by atoms with van der Waals surface area (Å²) in [4.78, 5) is 29.3. The maximum Gasteiger partial charge on any atom is 0.256 e. The van der Waals surface area contributed by atoms with Crippen molar-refractivity contribution in [2.75, 3.05) is 5.32 Å². The molecule has 0 bridgehead atoms. The second kappa shape index (κ2) is 7.66. The van der Waals surface area contributed by atoms with Crippen LogP contribution in [0.3, 0.4) is 0 Å². The zero-order valence-electron chi connectivity index (χ0n) is 15.2. The zero-order chi connectivity index (χ0) is 19.5. The molecule has 4 aromatic rings. The van der Waals surface area contributed by atoms with Crippen LogP contribution in [0.15, 0.2) is 66.2 Å². The number of thiazole rings is 1. The van der Waals surface area contributed by atoms with Crippen molar-refractivity contribution in [3.8, 4) is 11.3 Å². The van der Waals surface area contributed by atoms with Crippen LogP contribution in [0.2, 0.25) is 0 Å². The lowest BCUT2D eigenvalue weighted by Gasteiger charge is -2.08. The molecule has 0 saturated carbocycles. The second-order valence-corrected chi connectivity index (χ2v) is 7.16. The third-order valence-electron chi connectivity index (χ3n) is 4.30. The minimum Gasteiger partial charge on any atom is -0.352 e. The van der Waals surface area contributed by atoms with E-state index in [1.165, 1.54) is 18.3 Å². The van der Waals surface area contributed by atoms with Crippen LogP contribution in [0, 0.1) is 0 Å². The van der Waals surface area contributed by atoms with E-state index >= 15 is 0 Å². The lowest BCUT2D eigenvalue weighted by atomic mass is 10.1. The first-order valence-electron chi connectivity index (χ1n) is 8.77. The van der Waals surface area contributed by atoms with Gasteiger partial charge in [0.25, 0.3) is 5.91 Å². The number of hydrogen-bond donors (Lipinski definition) is 2. The van der Waals surface area contributed by atoms with Crippen molar-refractivity contribution >= 4 is 33.9 Å². The Morgan fingerprint density at radius 2 is 1.82 bits per heavy atom. The monoisotopic (exact) mass is 390 g/mol. The fourth-order valence-corrected chi connectivity index (χ4v) is 3.60. The van der Waals surface area contributed by atoms with E-state index in [0.29, 0.717) is 17.9 Å². The molecule has 7 heteroatoms. The average Bonchev–Trinajstić information content (AvgIpc) is 3.30. The number of anilines is 1. The van der Waals surface area contributed by atoms with Gasteiger partial charge in [-0.15, -0.1) is 11.3 Å². The van der Waals surface area contributed by atoms with Gasteiger partial charge in [0.1, 0.15) is 11.5 Å². The molecule has 0 unspecified atom stereocenters. The van der Waals surface area contributed by atoms with Gasteiger partial charge in [-0.3, -0.25) is 14.0 Å². The van der Waals surface area contributed by atoms with Gasteiger partial charge in [0.05, 0.1) is 0 Å². The maximum atomic E-state index is 12.8. The summed E-state index contributed by atoms with van der Waals surface area (Å²) in [7, 11) is 0. The highest BCUT2D eigenvalue weighted by Gasteiger charge is 2.17. The van der Waals surface area contributed by atoms with Gasteiger partial charge in [0.15, 0.2) is 4.96 Å². The number of carbonyl (C=O) groups is 2. The predicted octanol–water partition coefficient (Wildman–Crippen LogP) is 3.95. The summed E-state index contributed by atoms with van der Waals surface area (Å²) in [5.74, 6) is 0.349. The smallest absolute Gasteiger partial charge is 0.256 e. The molecule has 0 atom stereocenters. The first-order valence-corrected chi connectivity index (χ1v) is 9.65. The van der Waals surface area contributed by atoms with Gasteiger partial charge in [-0.2, -0.15) is 0 Å². The number of benzene rings is 2. The molecule has 2 aromatic carbocycles. The van der Waals surface area contributed by atoms with E-state index in [9.17, 15) is 9.59 Å². The highest BCUT2D eigenvalue weighted by atomic mass is 32.1. The zero-order valence-corrected chi connectivity index (χ0v) is 16.0. The molecule has 0 radical (unpaired) electrons. The first-order chi connectivity index (χ1) is 13.6. The van der Waals surface area contributed by atoms with Crippen LogP contribution in [-0.4, -0.2) is 21.2 Å². The van der Waals surface area contributed by atoms with Gasteiger partial charge in [-0.25, -0.2) is 4.98 Å². The number of rotatable bonds is 5. The Balaban J connectivity index is 1.60. The van der Waals surface area contributed by atoms with Gasteiger partial charge in [-0.1, -0.05) is 42.5 Å². The molecular formula is C21H18N4O2S. The van der Waals surface area contributed by atoms with Crippen LogP contribution in [0.25, 0.3) is 16.2 Å². The minimum atomic E-state index is -0.212. The molecule has 0 aliphatic carbocycles. The Morgan fingerprint density at radius 3 is 2.54 bits per heavy atom. The van der Waals surface area contributed by atoms with Crippen LogP contribution in [0.1, 0.15) is 22.8 Å². The van der Waals surface area contributed by atoms with E-state index in [2.05, 4.69) is 15.6 Å². The van der Waals surface area contributed by atoms with E-state index in [0.717, 1.165) is 21.8 Å². The molecule has 4 rings (SSSR count). The Hall–Kier alpha value is -3.45. The Bertz CT molecular complexity index is 1130. The normalized spacial score (nSPS) is 10.8. The molecule has 2 heterocycles. The van der Waals surface area contributed by atoms with Gasteiger partial charge >= 0.3 is 0 Å². The van der Waals surface area contributed by atoms with Crippen molar-refractivity contribution in [1.82, 2.24) is 14.7 Å². The van der Waals surface area contributed by atoms with E-state index in [-0.39, 0.29) is 11.8 Å². The summed E-state index contributed by atoms with van der Waals surface area (Å²) in [6.07, 6.45) is 1.89. The van der Waals surface area contributed by atoms with Gasteiger partial charge in [0, 0.05) is 36.2 Å². The number of amides is 2. The van der Waals surface area contributed by atoms with Gasteiger partial charge in [-0.05, 0) is 17.7 Å². The van der Waals surface area contributed by atoms with Crippen LogP contribution in [0.5, 0.6) is 0 Å². The predicted molar refractivity (Wildman–Crippen MR) is 110 cm³/mol. The molecule has 0 aliphatic rings. The van der Waals surface area contributed by atoms with Crippen LogP contribution in [0.4, 0.5) is 5.82 Å². The highest BCUT2D eigenvalue weighted by molar-refractivity contribution is 7.15. The SMILES string of the molecule is CC(=O)NCc1ccc(C(=O)Nc2c(-c3ccccc3)nc3sccn23)cc1.